The quantitative estimate of drug-likeness (QED) is 0.686. The smallest absolute Gasteiger partial charge is 0.243 e. The standard InChI is InChI=1S/C18H27N5O2S2/c1-4-21-13-19-23(18(21)26)14-20-9-11-22(12-10-20)27(24,25)17-7-5-16(6-8-17)15(2)3/h5-8,13,15H,4,9-12,14H2,1-3H3. The van der Waals surface area contributed by atoms with Crippen molar-refractivity contribution in [3.05, 3.63) is 40.9 Å². The molecule has 0 unspecified atom stereocenters. The largest absolute Gasteiger partial charge is 0.307 e. The maximum Gasteiger partial charge on any atom is 0.243 e. The number of aromatic nitrogens is 3. The molecule has 1 aliphatic heterocycles. The van der Waals surface area contributed by atoms with Crippen LogP contribution in [0.1, 0.15) is 32.3 Å². The van der Waals surface area contributed by atoms with Crippen molar-refractivity contribution in [3.8, 4) is 0 Å². The summed E-state index contributed by atoms with van der Waals surface area (Å²) in [5.74, 6) is 0.383. The van der Waals surface area contributed by atoms with Crippen molar-refractivity contribution < 1.29 is 8.42 Å². The molecule has 1 aromatic heterocycles. The van der Waals surface area contributed by atoms with Crippen LogP contribution in [0.25, 0.3) is 0 Å². The Kier molecular flexibility index (Phi) is 6.15. The van der Waals surface area contributed by atoms with Crippen LogP contribution in [0.4, 0.5) is 0 Å². The van der Waals surface area contributed by atoms with Gasteiger partial charge in [0.25, 0.3) is 0 Å². The zero-order valence-corrected chi connectivity index (χ0v) is 17.7. The lowest BCUT2D eigenvalue weighted by atomic mass is 10.0. The average Bonchev–Trinajstić information content (AvgIpc) is 3.02. The first-order valence-electron chi connectivity index (χ1n) is 9.27. The first-order valence-corrected chi connectivity index (χ1v) is 11.1. The Morgan fingerprint density at radius 2 is 1.74 bits per heavy atom. The third-order valence-electron chi connectivity index (χ3n) is 4.99. The third-order valence-corrected chi connectivity index (χ3v) is 7.35. The van der Waals surface area contributed by atoms with E-state index in [-0.39, 0.29) is 0 Å². The molecule has 0 amide bonds. The van der Waals surface area contributed by atoms with Crippen LogP contribution in [-0.2, 0) is 23.2 Å². The van der Waals surface area contributed by atoms with Crippen molar-refractivity contribution >= 4 is 22.2 Å². The summed E-state index contributed by atoms with van der Waals surface area (Å²) in [5.41, 5.74) is 1.14. The Bertz CT molecular complexity index is 923. The summed E-state index contributed by atoms with van der Waals surface area (Å²) in [5, 5.41) is 4.32. The molecule has 0 N–H and O–H groups in total. The van der Waals surface area contributed by atoms with Gasteiger partial charge in [-0.15, -0.1) is 0 Å². The van der Waals surface area contributed by atoms with Crippen LogP contribution >= 0.6 is 12.2 Å². The fourth-order valence-electron chi connectivity index (χ4n) is 3.16. The third kappa shape index (κ3) is 4.31. The van der Waals surface area contributed by atoms with Gasteiger partial charge in [-0.3, -0.25) is 4.90 Å². The van der Waals surface area contributed by atoms with Gasteiger partial charge in [0, 0.05) is 32.7 Å². The molecule has 7 nitrogen and oxygen atoms in total. The first kappa shape index (κ1) is 20.2. The molecule has 0 radical (unpaired) electrons. The minimum atomic E-state index is -3.45. The summed E-state index contributed by atoms with van der Waals surface area (Å²) in [7, 11) is -3.45. The second-order valence-corrected chi connectivity index (χ2v) is 9.39. The molecule has 9 heteroatoms. The highest BCUT2D eigenvalue weighted by Gasteiger charge is 2.28. The fraction of sp³-hybridized carbons (Fsp3) is 0.556. The van der Waals surface area contributed by atoms with Gasteiger partial charge >= 0.3 is 0 Å². The van der Waals surface area contributed by atoms with Gasteiger partial charge in [0.15, 0.2) is 4.77 Å². The predicted octanol–water partition coefficient (Wildman–Crippen LogP) is 2.52. The van der Waals surface area contributed by atoms with Crippen molar-refractivity contribution in [3.63, 3.8) is 0 Å². The number of nitrogens with zero attached hydrogens (tertiary/aromatic N) is 5. The normalized spacial score (nSPS) is 16.9. The second kappa shape index (κ2) is 8.22. The maximum atomic E-state index is 12.9. The Hall–Kier alpha value is -1.55. The number of hydrogen-bond acceptors (Lipinski definition) is 5. The number of sulfonamides is 1. The lowest BCUT2D eigenvalue weighted by molar-refractivity contribution is 0.144. The maximum absolute atomic E-state index is 12.9. The Morgan fingerprint density at radius 3 is 2.26 bits per heavy atom. The monoisotopic (exact) mass is 409 g/mol. The molecule has 0 aliphatic carbocycles. The number of benzene rings is 1. The molecular formula is C18H27N5O2S2. The number of hydrogen-bond donors (Lipinski definition) is 0. The number of piperazine rings is 1. The molecule has 1 saturated heterocycles. The molecule has 1 fully saturated rings. The van der Waals surface area contributed by atoms with Crippen LogP contribution < -0.4 is 0 Å². The summed E-state index contributed by atoms with van der Waals surface area (Å²) in [6.07, 6.45) is 1.74. The van der Waals surface area contributed by atoms with Crippen molar-refractivity contribution in [1.82, 2.24) is 23.6 Å². The van der Waals surface area contributed by atoms with Gasteiger partial charge in [0.1, 0.15) is 6.33 Å². The summed E-state index contributed by atoms with van der Waals surface area (Å²) in [6.45, 7) is 9.85. The zero-order chi connectivity index (χ0) is 19.6. The zero-order valence-electron chi connectivity index (χ0n) is 16.1. The Morgan fingerprint density at radius 1 is 1.11 bits per heavy atom. The van der Waals surface area contributed by atoms with Crippen LogP contribution in [-0.4, -0.2) is 58.1 Å². The summed E-state index contributed by atoms with van der Waals surface area (Å²) in [4.78, 5) is 2.54. The molecule has 1 aromatic carbocycles. The van der Waals surface area contributed by atoms with Crippen LogP contribution in [0.15, 0.2) is 35.5 Å². The van der Waals surface area contributed by atoms with E-state index in [0.717, 1.165) is 12.1 Å². The molecule has 0 saturated carbocycles. The van der Waals surface area contributed by atoms with E-state index >= 15 is 0 Å². The van der Waals surface area contributed by atoms with Crippen molar-refractivity contribution in [2.75, 3.05) is 26.2 Å². The van der Waals surface area contributed by atoms with Gasteiger partial charge in [-0.2, -0.15) is 9.40 Å². The highest BCUT2D eigenvalue weighted by molar-refractivity contribution is 7.89. The highest BCUT2D eigenvalue weighted by Crippen LogP contribution is 2.21. The lowest BCUT2D eigenvalue weighted by Crippen LogP contribution is -2.48. The van der Waals surface area contributed by atoms with Crippen LogP contribution in [0.5, 0.6) is 0 Å². The van der Waals surface area contributed by atoms with E-state index in [1.807, 2.05) is 23.6 Å². The van der Waals surface area contributed by atoms with E-state index in [4.69, 9.17) is 12.2 Å². The highest BCUT2D eigenvalue weighted by atomic mass is 32.2. The molecule has 2 heterocycles. The summed E-state index contributed by atoms with van der Waals surface area (Å²) >= 11 is 5.40. The van der Waals surface area contributed by atoms with E-state index in [2.05, 4.69) is 23.8 Å². The average molecular weight is 410 g/mol. The van der Waals surface area contributed by atoms with Gasteiger partial charge < -0.3 is 4.57 Å². The number of rotatable bonds is 6. The molecule has 1 aliphatic rings. The SMILES string of the molecule is CCn1cnn(CN2CCN(S(=O)(=O)c3ccc(C(C)C)cc3)CC2)c1=S. The Balaban J connectivity index is 1.63. The van der Waals surface area contributed by atoms with Crippen molar-refractivity contribution in [1.29, 1.82) is 0 Å². The molecule has 3 rings (SSSR count). The van der Waals surface area contributed by atoms with Crippen molar-refractivity contribution in [2.24, 2.45) is 0 Å². The van der Waals surface area contributed by atoms with E-state index in [1.165, 1.54) is 0 Å². The first-order chi connectivity index (χ1) is 12.8. The molecular weight excluding hydrogens is 382 g/mol. The van der Waals surface area contributed by atoms with E-state index in [0.29, 0.717) is 48.4 Å². The minimum absolute atomic E-state index is 0.365. The molecule has 0 atom stereocenters. The molecule has 2 aromatic rings. The van der Waals surface area contributed by atoms with Gasteiger partial charge in [-0.25, -0.2) is 13.1 Å². The molecule has 148 valence electrons. The summed E-state index contributed by atoms with van der Waals surface area (Å²) < 4.78 is 31.8. The van der Waals surface area contributed by atoms with Gasteiger partial charge in [-0.1, -0.05) is 26.0 Å². The van der Waals surface area contributed by atoms with Crippen LogP contribution in [0.3, 0.4) is 0 Å². The Labute approximate surface area is 166 Å². The van der Waals surface area contributed by atoms with Crippen LogP contribution in [0, 0.1) is 4.77 Å². The van der Waals surface area contributed by atoms with Gasteiger partial charge in [0.05, 0.1) is 11.6 Å². The fourth-order valence-corrected chi connectivity index (χ4v) is 4.86. The lowest BCUT2D eigenvalue weighted by Gasteiger charge is -2.33. The predicted molar refractivity (Wildman–Crippen MR) is 108 cm³/mol. The van der Waals surface area contributed by atoms with E-state index in [1.54, 1.807) is 27.4 Å². The summed E-state index contributed by atoms with van der Waals surface area (Å²) in [6, 6.07) is 7.24. The number of aryl methyl sites for hydroxylation is 1. The van der Waals surface area contributed by atoms with E-state index in [9.17, 15) is 8.42 Å². The van der Waals surface area contributed by atoms with Gasteiger partial charge in [-0.05, 0) is 42.8 Å². The molecule has 0 bridgehead atoms. The van der Waals surface area contributed by atoms with Crippen LogP contribution in [0.2, 0.25) is 0 Å². The van der Waals surface area contributed by atoms with E-state index < -0.39 is 10.0 Å². The minimum Gasteiger partial charge on any atom is -0.307 e. The molecule has 0 spiro atoms. The molecule has 27 heavy (non-hydrogen) atoms. The van der Waals surface area contributed by atoms with Crippen molar-refractivity contribution in [2.45, 2.75) is 44.8 Å². The second-order valence-electron chi connectivity index (χ2n) is 7.09. The van der Waals surface area contributed by atoms with Gasteiger partial charge in [0.2, 0.25) is 10.0 Å². The topological polar surface area (TPSA) is 63.4 Å².